The second-order valence-corrected chi connectivity index (χ2v) is 7.31. The SMILES string of the molecule is CN(C)C(=O)C(NC(=O)c1cnc2c(c1)ncn2Cc1ccccn1)c1ccccc1. The van der Waals surface area contributed by atoms with Crippen molar-refractivity contribution in [2.75, 3.05) is 14.1 Å². The highest BCUT2D eigenvalue weighted by Crippen LogP contribution is 2.18. The van der Waals surface area contributed by atoms with Crippen molar-refractivity contribution < 1.29 is 9.59 Å². The number of benzene rings is 1. The molecule has 8 nitrogen and oxygen atoms in total. The molecule has 3 aromatic heterocycles. The predicted molar refractivity (Wildman–Crippen MR) is 116 cm³/mol. The predicted octanol–water partition coefficient (Wildman–Crippen LogP) is 2.43. The molecule has 0 aliphatic carbocycles. The number of hydrogen-bond donors (Lipinski definition) is 1. The number of rotatable bonds is 6. The Labute approximate surface area is 179 Å². The number of carbonyl (C=O) groups is 2. The van der Waals surface area contributed by atoms with Crippen molar-refractivity contribution in [2.24, 2.45) is 0 Å². The van der Waals surface area contributed by atoms with Crippen molar-refractivity contribution in [2.45, 2.75) is 12.6 Å². The van der Waals surface area contributed by atoms with Gasteiger partial charge in [0.05, 0.1) is 24.1 Å². The highest BCUT2D eigenvalue weighted by molar-refractivity contribution is 5.99. The summed E-state index contributed by atoms with van der Waals surface area (Å²) in [5, 5.41) is 2.83. The van der Waals surface area contributed by atoms with E-state index in [0.717, 1.165) is 5.69 Å². The Morgan fingerprint density at radius 1 is 1.03 bits per heavy atom. The van der Waals surface area contributed by atoms with Crippen LogP contribution in [0.5, 0.6) is 0 Å². The molecule has 0 fully saturated rings. The van der Waals surface area contributed by atoms with Gasteiger partial charge >= 0.3 is 0 Å². The lowest BCUT2D eigenvalue weighted by Crippen LogP contribution is -2.39. The monoisotopic (exact) mass is 414 g/mol. The molecule has 0 aliphatic heterocycles. The van der Waals surface area contributed by atoms with E-state index in [1.54, 1.807) is 32.7 Å². The highest BCUT2D eigenvalue weighted by Gasteiger charge is 2.25. The summed E-state index contributed by atoms with van der Waals surface area (Å²) in [6.07, 6.45) is 4.91. The highest BCUT2D eigenvalue weighted by atomic mass is 16.2. The molecule has 0 radical (unpaired) electrons. The Balaban J connectivity index is 1.57. The molecule has 1 N–H and O–H groups in total. The fourth-order valence-corrected chi connectivity index (χ4v) is 3.26. The Morgan fingerprint density at radius 2 is 1.81 bits per heavy atom. The van der Waals surface area contributed by atoms with E-state index in [9.17, 15) is 9.59 Å². The zero-order valence-electron chi connectivity index (χ0n) is 17.3. The van der Waals surface area contributed by atoms with Gasteiger partial charge in [0.25, 0.3) is 5.91 Å². The topological polar surface area (TPSA) is 93.0 Å². The number of likely N-dealkylation sites (N-methyl/N-ethyl adjacent to an activating group) is 1. The van der Waals surface area contributed by atoms with Crippen LogP contribution in [0, 0.1) is 0 Å². The van der Waals surface area contributed by atoms with Crippen molar-refractivity contribution in [3.8, 4) is 0 Å². The summed E-state index contributed by atoms with van der Waals surface area (Å²) >= 11 is 0. The van der Waals surface area contributed by atoms with Gasteiger partial charge < -0.3 is 14.8 Å². The summed E-state index contributed by atoms with van der Waals surface area (Å²) in [6.45, 7) is 0.531. The van der Waals surface area contributed by atoms with E-state index in [1.165, 1.54) is 11.1 Å². The van der Waals surface area contributed by atoms with Crippen molar-refractivity contribution in [3.05, 3.63) is 90.1 Å². The number of nitrogens with one attached hydrogen (secondary N) is 1. The van der Waals surface area contributed by atoms with Crippen LogP contribution >= 0.6 is 0 Å². The van der Waals surface area contributed by atoms with Gasteiger partial charge in [0.2, 0.25) is 5.91 Å². The maximum atomic E-state index is 12.9. The third kappa shape index (κ3) is 4.42. The summed E-state index contributed by atoms with van der Waals surface area (Å²) in [5.41, 5.74) is 3.19. The summed E-state index contributed by atoms with van der Waals surface area (Å²) in [6, 6.07) is 15.8. The van der Waals surface area contributed by atoms with Gasteiger partial charge in [-0.05, 0) is 23.8 Å². The first-order chi connectivity index (χ1) is 15.0. The minimum atomic E-state index is -0.791. The molecule has 1 aromatic carbocycles. The van der Waals surface area contributed by atoms with Crippen LogP contribution in [0.1, 0.15) is 27.7 Å². The van der Waals surface area contributed by atoms with Gasteiger partial charge in [0.1, 0.15) is 11.6 Å². The molecule has 4 aromatic rings. The largest absolute Gasteiger partial charge is 0.347 e. The van der Waals surface area contributed by atoms with E-state index in [-0.39, 0.29) is 5.91 Å². The quantitative estimate of drug-likeness (QED) is 0.523. The smallest absolute Gasteiger partial charge is 0.253 e. The molecule has 31 heavy (non-hydrogen) atoms. The summed E-state index contributed by atoms with van der Waals surface area (Å²) in [4.78, 5) is 40.2. The summed E-state index contributed by atoms with van der Waals surface area (Å²) < 4.78 is 1.88. The Bertz CT molecular complexity index is 1200. The van der Waals surface area contributed by atoms with Crippen LogP contribution in [0.4, 0.5) is 0 Å². The lowest BCUT2D eigenvalue weighted by Gasteiger charge is -2.22. The maximum Gasteiger partial charge on any atom is 0.253 e. The second kappa shape index (κ2) is 8.74. The number of aromatic nitrogens is 4. The van der Waals surface area contributed by atoms with Crippen LogP contribution in [0.2, 0.25) is 0 Å². The number of nitrogens with zero attached hydrogens (tertiary/aromatic N) is 5. The third-order valence-electron chi connectivity index (χ3n) is 4.87. The van der Waals surface area contributed by atoms with Gasteiger partial charge in [0.15, 0.2) is 5.65 Å². The van der Waals surface area contributed by atoms with Gasteiger partial charge in [-0.2, -0.15) is 0 Å². The van der Waals surface area contributed by atoms with Crippen LogP contribution < -0.4 is 5.32 Å². The van der Waals surface area contributed by atoms with E-state index in [2.05, 4.69) is 20.3 Å². The van der Waals surface area contributed by atoms with E-state index >= 15 is 0 Å². The first-order valence-corrected chi connectivity index (χ1v) is 9.80. The lowest BCUT2D eigenvalue weighted by atomic mass is 10.1. The van der Waals surface area contributed by atoms with E-state index < -0.39 is 11.9 Å². The second-order valence-electron chi connectivity index (χ2n) is 7.31. The summed E-state index contributed by atoms with van der Waals surface area (Å²) in [5.74, 6) is -0.606. The van der Waals surface area contributed by atoms with Crippen LogP contribution in [0.25, 0.3) is 11.2 Å². The fraction of sp³-hybridized carbons (Fsp3) is 0.174. The van der Waals surface area contributed by atoms with Gasteiger partial charge in [0, 0.05) is 26.5 Å². The average molecular weight is 414 g/mol. The van der Waals surface area contributed by atoms with E-state index in [0.29, 0.717) is 28.8 Å². The van der Waals surface area contributed by atoms with Crippen LogP contribution in [-0.4, -0.2) is 50.3 Å². The molecule has 8 heteroatoms. The number of imidazole rings is 1. The van der Waals surface area contributed by atoms with Crippen molar-refractivity contribution >= 4 is 23.0 Å². The fourth-order valence-electron chi connectivity index (χ4n) is 3.26. The van der Waals surface area contributed by atoms with Crippen LogP contribution in [0.15, 0.2) is 73.3 Å². The minimum Gasteiger partial charge on any atom is -0.347 e. The molecular formula is C23H22N6O2. The molecule has 2 amide bonds. The lowest BCUT2D eigenvalue weighted by molar-refractivity contribution is -0.130. The molecule has 156 valence electrons. The minimum absolute atomic E-state index is 0.215. The Kier molecular flexibility index (Phi) is 5.70. The molecule has 0 saturated carbocycles. The molecule has 4 rings (SSSR count). The van der Waals surface area contributed by atoms with E-state index in [1.807, 2.05) is 53.1 Å². The van der Waals surface area contributed by atoms with Crippen molar-refractivity contribution in [1.29, 1.82) is 0 Å². The third-order valence-corrected chi connectivity index (χ3v) is 4.87. The standard InChI is InChI=1S/C23H22N6O2/c1-28(2)23(31)20(16-8-4-3-5-9-16)27-22(30)17-12-19-21(25-13-17)29(15-26-19)14-18-10-6-7-11-24-18/h3-13,15,20H,14H2,1-2H3,(H,27,30). The maximum absolute atomic E-state index is 12.9. The molecule has 1 atom stereocenters. The number of fused-ring (bicyclic) bond motifs is 1. The number of hydrogen-bond acceptors (Lipinski definition) is 5. The van der Waals surface area contributed by atoms with Crippen molar-refractivity contribution in [1.82, 2.24) is 29.7 Å². The van der Waals surface area contributed by atoms with Gasteiger partial charge in [-0.15, -0.1) is 0 Å². The van der Waals surface area contributed by atoms with Crippen LogP contribution in [-0.2, 0) is 11.3 Å². The Morgan fingerprint density at radius 3 is 2.52 bits per heavy atom. The molecule has 0 spiro atoms. The zero-order valence-corrected chi connectivity index (χ0v) is 17.3. The Hall–Kier alpha value is -4.07. The molecule has 3 heterocycles. The van der Waals surface area contributed by atoms with E-state index in [4.69, 9.17) is 0 Å². The van der Waals surface area contributed by atoms with Crippen LogP contribution in [0.3, 0.4) is 0 Å². The molecular weight excluding hydrogens is 392 g/mol. The average Bonchev–Trinajstić information content (AvgIpc) is 3.20. The normalized spacial score (nSPS) is 11.8. The van der Waals surface area contributed by atoms with Gasteiger partial charge in [-0.1, -0.05) is 36.4 Å². The first kappa shape index (κ1) is 20.2. The first-order valence-electron chi connectivity index (χ1n) is 9.80. The molecule has 0 aliphatic rings. The van der Waals surface area contributed by atoms with Crippen molar-refractivity contribution in [3.63, 3.8) is 0 Å². The molecule has 0 saturated heterocycles. The molecule has 1 unspecified atom stereocenters. The van der Waals surface area contributed by atoms with Gasteiger partial charge in [-0.3, -0.25) is 14.6 Å². The number of carbonyl (C=O) groups excluding carboxylic acids is 2. The number of amides is 2. The molecule has 0 bridgehead atoms. The zero-order chi connectivity index (χ0) is 21.8. The number of pyridine rings is 2. The van der Waals surface area contributed by atoms with Gasteiger partial charge in [-0.25, -0.2) is 9.97 Å². The summed E-state index contributed by atoms with van der Waals surface area (Å²) in [7, 11) is 3.32.